The molecule has 0 bridgehead atoms. The van der Waals surface area contributed by atoms with Gasteiger partial charge in [0, 0.05) is 12.2 Å². The van der Waals surface area contributed by atoms with E-state index in [1.54, 1.807) is 65.8 Å². The minimum absolute atomic E-state index is 0.0265. The molecule has 9 heteroatoms. The largest absolute Gasteiger partial charge is 0.459 e. The highest BCUT2D eigenvalue weighted by molar-refractivity contribution is 6.05. The van der Waals surface area contributed by atoms with E-state index in [2.05, 4.69) is 5.32 Å². The van der Waals surface area contributed by atoms with Crippen LogP contribution in [0.5, 0.6) is 0 Å². The summed E-state index contributed by atoms with van der Waals surface area (Å²) < 4.78 is 16.1. The lowest BCUT2D eigenvalue weighted by atomic mass is 9.92. The third-order valence-electron chi connectivity index (χ3n) is 5.53. The van der Waals surface area contributed by atoms with Crippen LogP contribution in [0.25, 0.3) is 0 Å². The van der Waals surface area contributed by atoms with Gasteiger partial charge in [0.25, 0.3) is 0 Å². The first-order chi connectivity index (χ1) is 17.7. The van der Waals surface area contributed by atoms with Crippen LogP contribution in [0.4, 0.5) is 15.3 Å². The van der Waals surface area contributed by atoms with E-state index in [0.717, 1.165) is 11.1 Å². The van der Waals surface area contributed by atoms with E-state index in [-0.39, 0.29) is 19.5 Å². The molecule has 0 aromatic heterocycles. The third kappa shape index (κ3) is 8.33. The zero-order valence-corrected chi connectivity index (χ0v) is 22.8. The molecule has 38 heavy (non-hydrogen) atoms. The zero-order valence-electron chi connectivity index (χ0n) is 22.8. The van der Waals surface area contributed by atoms with Crippen LogP contribution in [0.3, 0.4) is 0 Å². The molecule has 2 amide bonds. The molecular formula is C29H36N2O7. The molecule has 1 aliphatic rings. The second-order valence-corrected chi connectivity index (χ2v) is 11.2. The van der Waals surface area contributed by atoms with Crippen LogP contribution in [0.1, 0.15) is 52.7 Å². The number of esters is 1. The van der Waals surface area contributed by atoms with Gasteiger partial charge in [0.05, 0.1) is 6.54 Å². The monoisotopic (exact) mass is 524 g/mol. The Bertz CT molecular complexity index is 1150. The normalized spacial score (nSPS) is 16.4. The molecule has 0 aliphatic carbocycles. The summed E-state index contributed by atoms with van der Waals surface area (Å²) in [7, 11) is 0. The van der Waals surface area contributed by atoms with E-state index in [1.165, 1.54) is 4.90 Å². The van der Waals surface area contributed by atoms with Gasteiger partial charge in [-0.15, -0.1) is 0 Å². The van der Waals surface area contributed by atoms with Crippen LogP contribution in [-0.4, -0.2) is 47.8 Å². The fraction of sp³-hybridized carbons (Fsp3) is 0.448. The Morgan fingerprint density at radius 2 is 1.53 bits per heavy atom. The van der Waals surface area contributed by atoms with Gasteiger partial charge >= 0.3 is 18.2 Å². The molecule has 1 unspecified atom stereocenters. The van der Waals surface area contributed by atoms with Crippen LogP contribution in [-0.2, 0) is 36.8 Å². The Hall–Kier alpha value is -3.88. The Morgan fingerprint density at radius 3 is 2.11 bits per heavy atom. The number of ether oxygens (including phenoxy) is 3. The summed E-state index contributed by atoms with van der Waals surface area (Å²) in [6, 6.07) is 16.1. The summed E-state index contributed by atoms with van der Waals surface area (Å²) in [5.74, 6) is -2.27. The molecule has 9 nitrogen and oxygen atoms in total. The number of carbonyl (C=O) groups excluding carboxylic acids is 4. The molecule has 2 aromatic carbocycles. The van der Waals surface area contributed by atoms with Crippen LogP contribution >= 0.6 is 0 Å². The van der Waals surface area contributed by atoms with Crippen LogP contribution < -0.4 is 10.2 Å². The number of anilines is 1. The highest BCUT2D eigenvalue weighted by Gasteiger charge is 2.43. The fourth-order valence-corrected chi connectivity index (χ4v) is 3.85. The number of rotatable bonds is 8. The minimum atomic E-state index is -1.12. The van der Waals surface area contributed by atoms with Crippen molar-refractivity contribution in [2.75, 3.05) is 11.4 Å². The molecule has 1 heterocycles. The van der Waals surface area contributed by atoms with E-state index >= 15 is 0 Å². The first kappa shape index (κ1) is 28.7. The third-order valence-corrected chi connectivity index (χ3v) is 5.53. The number of hydrogen-bond acceptors (Lipinski definition) is 7. The maximum Gasteiger partial charge on any atom is 0.415 e. The molecule has 1 fully saturated rings. The van der Waals surface area contributed by atoms with Crippen molar-refractivity contribution in [2.24, 2.45) is 5.92 Å². The van der Waals surface area contributed by atoms with E-state index in [9.17, 15) is 19.2 Å². The molecule has 2 aromatic rings. The van der Waals surface area contributed by atoms with Gasteiger partial charge in [0.1, 0.15) is 17.1 Å². The number of amides is 2. The van der Waals surface area contributed by atoms with Gasteiger partial charge in [-0.1, -0.05) is 42.5 Å². The van der Waals surface area contributed by atoms with Crippen LogP contribution in [0.2, 0.25) is 0 Å². The lowest BCUT2D eigenvalue weighted by Gasteiger charge is -2.24. The summed E-state index contributed by atoms with van der Waals surface area (Å²) in [4.78, 5) is 52.3. The summed E-state index contributed by atoms with van der Waals surface area (Å²) in [5.41, 5.74) is 0.760. The van der Waals surface area contributed by atoms with E-state index < -0.39 is 47.2 Å². The average Bonchev–Trinajstić information content (AvgIpc) is 3.21. The number of nitrogens with zero attached hydrogens (tertiary/aromatic N) is 1. The van der Waals surface area contributed by atoms with Crippen LogP contribution in [0, 0.1) is 5.92 Å². The SMILES string of the molecule is CC(C)(C)OC(=O)NCc1ccc(N2CC(C(=O)[C@@H](Cc3ccccc3)C(=O)OC(C)(C)C)OC2=O)cc1. The first-order valence-electron chi connectivity index (χ1n) is 12.6. The van der Waals surface area contributed by atoms with E-state index in [4.69, 9.17) is 14.2 Å². The van der Waals surface area contributed by atoms with Crippen molar-refractivity contribution in [3.8, 4) is 0 Å². The molecule has 1 saturated heterocycles. The van der Waals surface area contributed by atoms with Crippen molar-refractivity contribution in [1.82, 2.24) is 5.32 Å². The van der Waals surface area contributed by atoms with Crippen LogP contribution in [0.15, 0.2) is 54.6 Å². The van der Waals surface area contributed by atoms with Crippen molar-refractivity contribution >= 4 is 29.6 Å². The molecule has 1 aliphatic heterocycles. The van der Waals surface area contributed by atoms with Crippen molar-refractivity contribution in [3.05, 3.63) is 65.7 Å². The molecule has 0 saturated carbocycles. The van der Waals surface area contributed by atoms with Gasteiger partial charge in [0.15, 0.2) is 11.9 Å². The highest BCUT2D eigenvalue weighted by Crippen LogP contribution is 2.26. The lowest BCUT2D eigenvalue weighted by molar-refractivity contribution is -0.163. The molecule has 1 N–H and O–H groups in total. The van der Waals surface area contributed by atoms with Crippen molar-refractivity contribution in [1.29, 1.82) is 0 Å². The van der Waals surface area contributed by atoms with Gasteiger partial charge in [-0.25, -0.2) is 9.59 Å². The maximum absolute atomic E-state index is 13.4. The molecule has 3 rings (SSSR count). The molecule has 204 valence electrons. The lowest BCUT2D eigenvalue weighted by Crippen LogP contribution is -2.40. The van der Waals surface area contributed by atoms with Gasteiger partial charge < -0.3 is 19.5 Å². The number of alkyl carbamates (subject to hydrolysis) is 1. The predicted molar refractivity (Wildman–Crippen MR) is 142 cm³/mol. The van der Waals surface area contributed by atoms with Gasteiger partial charge in [-0.05, 0) is 71.2 Å². The summed E-state index contributed by atoms with van der Waals surface area (Å²) >= 11 is 0. The number of carbonyl (C=O) groups is 4. The highest BCUT2D eigenvalue weighted by atomic mass is 16.6. The number of nitrogens with one attached hydrogen (secondary N) is 1. The molecule has 0 radical (unpaired) electrons. The van der Waals surface area contributed by atoms with Crippen molar-refractivity contribution in [3.63, 3.8) is 0 Å². The number of hydrogen-bond donors (Lipinski definition) is 1. The Balaban J connectivity index is 1.68. The van der Waals surface area contributed by atoms with E-state index in [1.807, 2.05) is 30.3 Å². The second-order valence-electron chi connectivity index (χ2n) is 11.2. The number of ketones is 1. The smallest absolute Gasteiger partial charge is 0.415 e. The topological polar surface area (TPSA) is 111 Å². The maximum atomic E-state index is 13.4. The molecular weight excluding hydrogens is 488 g/mol. The second kappa shape index (κ2) is 11.7. The van der Waals surface area contributed by atoms with Gasteiger partial charge in [0.2, 0.25) is 0 Å². The summed E-state index contributed by atoms with van der Waals surface area (Å²) in [5, 5.41) is 2.68. The first-order valence-corrected chi connectivity index (χ1v) is 12.6. The number of cyclic esters (lactones) is 1. The summed E-state index contributed by atoms with van der Waals surface area (Å²) in [6.07, 6.45) is -2.17. The Kier molecular flexibility index (Phi) is 8.81. The van der Waals surface area contributed by atoms with Gasteiger partial charge in [-0.3, -0.25) is 14.5 Å². The van der Waals surface area contributed by atoms with Gasteiger partial charge in [-0.2, -0.15) is 0 Å². The van der Waals surface area contributed by atoms with E-state index in [0.29, 0.717) is 5.69 Å². The Morgan fingerprint density at radius 1 is 0.921 bits per heavy atom. The number of benzene rings is 2. The minimum Gasteiger partial charge on any atom is -0.459 e. The molecule has 0 spiro atoms. The predicted octanol–water partition coefficient (Wildman–Crippen LogP) is 4.81. The Labute approximate surface area is 223 Å². The quantitative estimate of drug-likeness (QED) is 0.300. The molecule has 2 atom stereocenters. The fourth-order valence-electron chi connectivity index (χ4n) is 3.85. The standard InChI is InChI=1S/C29H36N2O7/c1-28(2,3)37-25(33)22(16-19-10-8-7-9-11-19)24(32)23-18-31(27(35)36-23)21-14-12-20(13-15-21)17-30-26(34)38-29(4,5)6/h7-15,22-23H,16-18H2,1-6H3,(H,30,34)/t22-,23?/m1/s1. The zero-order chi connectivity index (χ0) is 28.1. The summed E-state index contributed by atoms with van der Waals surface area (Å²) in [6.45, 7) is 10.8. The van der Waals surface area contributed by atoms with Crippen molar-refractivity contribution < 1.29 is 33.4 Å². The number of Topliss-reactive ketones (excluding diaryl/α,β-unsaturated/α-hetero) is 1. The van der Waals surface area contributed by atoms with Crippen molar-refractivity contribution in [2.45, 2.75) is 71.8 Å². The average molecular weight is 525 g/mol.